The van der Waals surface area contributed by atoms with E-state index >= 15 is 0 Å². The van der Waals surface area contributed by atoms with E-state index in [0.717, 1.165) is 11.1 Å². The molecule has 0 aliphatic rings. The smallest absolute Gasteiger partial charge is 0.434 e. The lowest BCUT2D eigenvalue weighted by Gasteiger charge is -2.23. The van der Waals surface area contributed by atoms with E-state index in [1.165, 1.54) is 0 Å². The number of nitrogens with zero attached hydrogens (tertiary/aromatic N) is 1. The number of hydrogen-bond acceptors (Lipinski definition) is 4. The van der Waals surface area contributed by atoms with Crippen molar-refractivity contribution < 1.29 is 19.8 Å². The maximum absolute atomic E-state index is 11.5. The fraction of sp³-hybridized carbons (Fsp3) is 0.462. The quantitative estimate of drug-likeness (QED) is 0.640. The van der Waals surface area contributed by atoms with Crippen LogP contribution >= 0.6 is 0 Å². The third-order valence-corrected chi connectivity index (χ3v) is 2.11. The SMILES string of the molecule is CC(C)(C)OC(=O)N(O)Cc1cccc(CO)c1. The first kappa shape index (κ1) is 14.5. The summed E-state index contributed by atoms with van der Waals surface area (Å²) in [6.45, 7) is 5.12. The highest BCUT2D eigenvalue weighted by atomic mass is 16.6. The van der Waals surface area contributed by atoms with Crippen molar-refractivity contribution in [2.45, 2.75) is 39.5 Å². The summed E-state index contributed by atoms with van der Waals surface area (Å²) in [5, 5.41) is 19.1. The maximum atomic E-state index is 11.5. The average Bonchev–Trinajstić information content (AvgIpc) is 2.27. The second kappa shape index (κ2) is 5.84. The van der Waals surface area contributed by atoms with Crippen molar-refractivity contribution in [3.8, 4) is 0 Å². The van der Waals surface area contributed by atoms with Crippen LogP contribution < -0.4 is 0 Å². The maximum Gasteiger partial charge on any atom is 0.434 e. The van der Waals surface area contributed by atoms with Gasteiger partial charge >= 0.3 is 6.09 Å². The lowest BCUT2D eigenvalue weighted by molar-refractivity contribution is -0.0998. The van der Waals surface area contributed by atoms with Crippen LogP contribution in [-0.2, 0) is 17.9 Å². The molecule has 1 aromatic rings. The highest BCUT2D eigenvalue weighted by molar-refractivity contribution is 5.66. The topological polar surface area (TPSA) is 70.0 Å². The molecule has 100 valence electrons. The molecule has 0 heterocycles. The molecule has 2 N–H and O–H groups in total. The summed E-state index contributed by atoms with van der Waals surface area (Å²) in [4.78, 5) is 11.5. The molecule has 0 aromatic heterocycles. The van der Waals surface area contributed by atoms with Crippen LogP contribution in [0, 0.1) is 0 Å². The minimum absolute atomic E-state index is 0.0166. The monoisotopic (exact) mass is 253 g/mol. The minimum Gasteiger partial charge on any atom is -0.442 e. The van der Waals surface area contributed by atoms with Crippen LogP contribution in [0.5, 0.6) is 0 Å². The third-order valence-electron chi connectivity index (χ3n) is 2.11. The lowest BCUT2D eigenvalue weighted by Crippen LogP contribution is -2.34. The van der Waals surface area contributed by atoms with Crippen molar-refractivity contribution in [2.75, 3.05) is 0 Å². The van der Waals surface area contributed by atoms with E-state index in [1.807, 2.05) is 0 Å². The Morgan fingerprint density at radius 3 is 2.50 bits per heavy atom. The second-order valence-corrected chi connectivity index (χ2v) is 5.02. The predicted molar refractivity (Wildman–Crippen MR) is 65.9 cm³/mol. The number of carbonyl (C=O) groups excluding carboxylic acids is 1. The number of carbonyl (C=O) groups is 1. The van der Waals surface area contributed by atoms with Crippen LogP contribution in [0.4, 0.5) is 4.79 Å². The van der Waals surface area contributed by atoms with Crippen molar-refractivity contribution in [1.82, 2.24) is 5.06 Å². The van der Waals surface area contributed by atoms with Crippen LogP contribution in [0.2, 0.25) is 0 Å². The Hall–Kier alpha value is -1.59. The molecule has 5 heteroatoms. The van der Waals surface area contributed by atoms with Gasteiger partial charge in [0.1, 0.15) is 5.60 Å². The van der Waals surface area contributed by atoms with Gasteiger partial charge in [0.05, 0.1) is 13.2 Å². The Balaban J connectivity index is 2.63. The summed E-state index contributed by atoms with van der Waals surface area (Å²) in [7, 11) is 0. The first-order chi connectivity index (χ1) is 8.31. The summed E-state index contributed by atoms with van der Waals surface area (Å²) < 4.78 is 5.02. The van der Waals surface area contributed by atoms with Gasteiger partial charge < -0.3 is 9.84 Å². The van der Waals surface area contributed by atoms with Crippen molar-refractivity contribution in [1.29, 1.82) is 0 Å². The van der Waals surface area contributed by atoms with Gasteiger partial charge in [0.25, 0.3) is 0 Å². The molecule has 0 saturated heterocycles. The van der Waals surface area contributed by atoms with Crippen molar-refractivity contribution in [2.24, 2.45) is 0 Å². The molecule has 0 aliphatic carbocycles. The number of hydroxylamine groups is 2. The Kier molecular flexibility index (Phi) is 4.69. The molecular weight excluding hydrogens is 234 g/mol. The predicted octanol–water partition coefficient (Wildman–Crippen LogP) is 2.31. The van der Waals surface area contributed by atoms with E-state index in [0.29, 0.717) is 5.06 Å². The summed E-state index contributed by atoms with van der Waals surface area (Å²) in [6.07, 6.45) is -0.795. The van der Waals surface area contributed by atoms with Gasteiger partial charge in [-0.05, 0) is 31.9 Å². The van der Waals surface area contributed by atoms with Gasteiger partial charge in [0.15, 0.2) is 0 Å². The molecule has 0 bridgehead atoms. The number of benzene rings is 1. The standard InChI is InChI=1S/C13H19NO4/c1-13(2,3)18-12(16)14(17)8-10-5-4-6-11(7-10)9-15/h4-7,15,17H,8-9H2,1-3H3. The number of rotatable bonds is 3. The molecular formula is C13H19NO4. The van der Waals surface area contributed by atoms with Gasteiger partial charge in [0, 0.05) is 0 Å². The summed E-state index contributed by atoms with van der Waals surface area (Å²) >= 11 is 0. The van der Waals surface area contributed by atoms with Crippen LogP contribution in [0.15, 0.2) is 24.3 Å². The van der Waals surface area contributed by atoms with Gasteiger partial charge in [-0.2, -0.15) is 5.06 Å². The Morgan fingerprint density at radius 1 is 1.33 bits per heavy atom. The van der Waals surface area contributed by atoms with E-state index < -0.39 is 11.7 Å². The van der Waals surface area contributed by atoms with E-state index in [1.54, 1.807) is 45.0 Å². The van der Waals surface area contributed by atoms with Crippen molar-refractivity contribution >= 4 is 6.09 Å². The molecule has 0 atom stereocenters. The number of ether oxygens (including phenoxy) is 1. The lowest BCUT2D eigenvalue weighted by atomic mass is 10.1. The van der Waals surface area contributed by atoms with Crippen molar-refractivity contribution in [3.63, 3.8) is 0 Å². The van der Waals surface area contributed by atoms with Gasteiger partial charge in [-0.15, -0.1) is 0 Å². The van der Waals surface area contributed by atoms with E-state index in [-0.39, 0.29) is 13.2 Å². The van der Waals surface area contributed by atoms with Crippen LogP contribution in [0.25, 0.3) is 0 Å². The van der Waals surface area contributed by atoms with E-state index in [2.05, 4.69) is 0 Å². The summed E-state index contributed by atoms with van der Waals surface area (Å²) in [6, 6.07) is 6.99. The number of hydrogen-bond donors (Lipinski definition) is 2. The number of aliphatic hydroxyl groups excluding tert-OH is 1. The Labute approximate surface area is 107 Å². The van der Waals surface area contributed by atoms with Gasteiger partial charge in [-0.25, -0.2) is 4.79 Å². The van der Waals surface area contributed by atoms with Crippen LogP contribution in [0.1, 0.15) is 31.9 Å². The van der Waals surface area contributed by atoms with E-state index in [4.69, 9.17) is 9.84 Å². The molecule has 0 radical (unpaired) electrons. The highest BCUT2D eigenvalue weighted by Gasteiger charge is 2.21. The molecule has 0 unspecified atom stereocenters. The molecule has 1 rings (SSSR count). The summed E-state index contributed by atoms with van der Waals surface area (Å²) in [5.74, 6) is 0. The number of aliphatic hydroxyl groups is 1. The largest absolute Gasteiger partial charge is 0.442 e. The fourth-order valence-corrected chi connectivity index (χ4v) is 1.38. The third kappa shape index (κ3) is 4.73. The molecule has 0 aliphatic heterocycles. The molecule has 0 fully saturated rings. The first-order valence-electron chi connectivity index (χ1n) is 5.70. The minimum atomic E-state index is -0.795. The number of amides is 1. The first-order valence-corrected chi connectivity index (χ1v) is 5.70. The van der Waals surface area contributed by atoms with Gasteiger partial charge in [0.2, 0.25) is 0 Å². The second-order valence-electron chi connectivity index (χ2n) is 5.02. The van der Waals surface area contributed by atoms with Crippen molar-refractivity contribution in [3.05, 3.63) is 35.4 Å². The molecule has 1 amide bonds. The molecule has 0 saturated carbocycles. The zero-order chi connectivity index (χ0) is 13.8. The van der Waals surface area contributed by atoms with E-state index in [9.17, 15) is 10.0 Å². The van der Waals surface area contributed by atoms with Crippen LogP contribution in [-0.4, -0.2) is 27.1 Å². The zero-order valence-corrected chi connectivity index (χ0v) is 10.9. The van der Waals surface area contributed by atoms with Crippen LogP contribution in [0.3, 0.4) is 0 Å². The Bertz CT molecular complexity index is 412. The average molecular weight is 253 g/mol. The molecule has 5 nitrogen and oxygen atoms in total. The summed E-state index contributed by atoms with van der Waals surface area (Å²) in [5.41, 5.74) is 0.797. The Morgan fingerprint density at radius 2 is 1.94 bits per heavy atom. The highest BCUT2D eigenvalue weighted by Crippen LogP contribution is 2.12. The molecule has 18 heavy (non-hydrogen) atoms. The molecule has 1 aromatic carbocycles. The van der Waals surface area contributed by atoms with Gasteiger partial charge in [-0.1, -0.05) is 24.3 Å². The molecule has 0 spiro atoms. The normalized spacial score (nSPS) is 11.2. The fourth-order valence-electron chi connectivity index (χ4n) is 1.38. The van der Waals surface area contributed by atoms with Gasteiger partial charge in [-0.3, -0.25) is 5.21 Å². The zero-order valence-electron chi connectivity index (χ0n) is 10.9.